The van der Waals surface area contributed by atoms with Crippen molar-refractivity contribution in [1.82, 2.24) is 0 Å². The minimum Gasteiger partial charge on any atom is -0.311 e. The lowest BCUT2D eigenvalue weighted by Gasteiger charge is -2.25. The van der Waals surface area contributed by atoms with E-state index in [1.54, 1.807) is 0 Å². The Labute approximate surface area is 264 Å². The van der Waals surface area contributed by atoms with Crippen molar-refractivity contribution in [3.8, 4) is 33.4 Å². The van der Waals surface area contributed by atoms with Gasteiger partial charge in [0.05, 0.1) is 0 Å². The van der Waals surface area contributed by atoms with Gasteiger partial charge in [-0.2, -0.15) is 0 Å². The topological polar surface area (TPSA) is 3.24 Å². The highest BCUT2D eigenvalue weighted by atomic mass is 15.1. The number of fused-ring (bicyclic) bond motifs is 2. The first-order chi connectivity index (χ1) is 22.3. The molecule has 8 aromatic rings. The molecular formula is C44H31N. The molecule has 0 spiro atoms. The molecule has 0 fully saturated rings. The first kappa shape index (κ1) is 26.7. The second kappa shape index (κ2) is 11.6. The zero-order chi connectivity index (χ0) is 30.0. The summed E-state index contributed by atoms with van der Waals surface area (Å²) in [6.07, 6.45) is 0. The third-order valence-corrected chi connectivity index (χ3v) is 8.64. The van der Waals surface area contributed by atoms with Crippen molar-refractivity contribution in [3.63, 3.8) is 0 Å². The summed E-state index contributed by atoms with van der Waals surface area (Å²) in [6.45, 7) is 0. The van der Waals surface area contributed by atoms with Crippen molar-refractivity contribution in [2.45, 2.75) is 0 Å². The first-order valence-electron chi connectivity index (χ1n) is 15.5. The van der Waals surface area contributed by atoms with Crippen LogP contribution in [0.25, 0.3) is 54.9 Å². The van der Waals surface area contributed by atoms with Gasteiger partial charge in [-0.3, -0.25) is 0 Å². The molecule has 1 nitrogen and oxygen atoms in total. The number of anilines is 3. The van der Waals surface area contributed by atoms with Crippen LogP contribution in [0, 0.1) is 0 Å². The maximum atomic E-state index is 2.39. The van der Waals surface area contributed by atoms with Crippen molar-refractivity contribution >= 4 is 38.6 Å². The lowest BCUT2D eigenvalue weighted by molar-refractivity contribution is 1.28. The molecular weight excluding hydrogens is 542 g/mol. The second-order valence-corrected chi connectivity index (χ2v) is 11.3. The minimum absolute atomic E-state index is 1.12. The number of hydrogen-bond acceptors (Lipinski definition) is 1. The Bertz CT molecular complexity index is 2180. The van der Waals surface area contributed by atoms with Crippen LogP contribution in [0.1, 0.15) is 0 Å². The summed E-state index contributed by atoms with van der Waals surface area (Å²) >= 11 is 0. The van der Waals surface area contributed by atoms with Crippen LogP contribution in [-0.4, -0.2) is 0 Å². The van der Waals surface area contributed by atoms with E-state index < -0.39 is 0 Å². The molecule has 0 unspecified atom stereocenters. The van der Waals surface area contributed by atoms with Crippen molar-refractivity contribution in [1.29, 1.82) is 0 Å². The monoisotopic (exact) mass is 573 g/mol. The second-order valence-electron chi connectivity index (χ2n) is 11.3. The fourth-order valence-corrected chi connectivity index (χ4v) is 6.59. The van der Waals surface area contributed by atoms with Crippen LogP contribution in [0.3, 0.4) is 0 Å². The maximum absolute atomic E-state index is 2.39. The van der Waals surface area contributed by atoms with E-state index in [4.69, 9.17) is 0 Å². The first-order valence-corrected chi connectivity index (χ1v) is 15.5. The predicted molar refractivity (Wildman–Crippen MR) is 192 cm³/mol. The zero-order valence-corrected chi connectivity index (χ0v) is 24.8. The van der Waals surface area contributed by atoms with Gasteiger partial charge in [0.1, 0.15) is 0 Å². The van der Waals surface area contributed by atoms with Crippen molar-refractivity contribution in [2.24, 2.45) is 0 Å². The normalized spacial score (nSPS) is 11.1. The Morgan fingerprint density at radius 2 is 0.622 bits per heavy atom. The number of hydrogen-bond donors (Lipinski definition) is 0. The summed E-state index contributed by atoms with van der Waals surface area (Å²) in [7, 11) is 0. The summed E-state index contributed by atoms with van der Waals surface area (Å²) in [5.74, 6) is 0. The van der Waals surface area contributed by atoms with Crippen molar-refractivity contribution in [3.05, 3.63) is 188 Å². The lowest BCUT2D eigenvalue weighted by Crippen LogP contribution is -2.09. The zero-order valence-electron chi connectivity index (χ0n) is 24.8. The van der Waals surface area contributed by atoms with Gasteiger partial charge in [0.25, 0.3) is 0 Å². The average molecular weight is 574 g/mol. The van der Waals surface area contributed by atoms with Crippen molar-refractivity contribution < 1.29 is 0 Å². The predicted octanol–water partition coefficient (Wildman–Crippen LogP) is 12.5. The molecule has 0 amide bonds. The standard InChI is InChI=1S/C44H31N/c1-5-15-33(16-6-1)43-39-23-13-14-24-40(39)44(34-17-7-2-8-18-34)42-31-35(27-30-41(42)43)32-25-28-38(29-26-32)45(36-19-9-3-10-20-36)37-21-11-4-12-22-37/h1-31H. The third kappa shape index (κ3) is 4.95. The third-order valence-electron chi connectivity index (χ3n) is 8.64. The molecule has 8 rings (SSSR count). The molecule has 0 N–H and O–H groups in total. The quantitative estimate of drug-likeness (QED) is 0.179. The van der Waals surface area contributed by atoms with Crippen LogP contribution in [0.15, 0.2) is 188 Å². The molecule has 212 valence electrons. The molecule has 0 radical (unpaired) electrons. The summed E-state index contributed by atoms with van der Waals surface area (Å²) < 4.78 is 0. The number of rotatable bonds is 6. The summed E-state index contributed by atoms with van der Waals surface area (Å²) in [5, 5.41) is 5.06. The number of nitrogens with zero attached hydrogens (tertiary/aromatic N) is 1. The SMILES string of the molecule is c1ccc(-c2c3ccccc3c(-c3ccccc3)c3cc(-c4ccc(N(c5ccccc5)c5ccccc5)cc4)ccc23)cc1. The van der Waals surface area contributed by atoms with Gasteiger partial charge in [-0.25, -0.2) is 0 Å². The van der Waals surface area contributed by atoms with Crippen LogP contribution >= 0.6 is 0 Å². The van der Waals surface area contributed by atoms with Gasteiger partial charge in [0, 0.05) is 17.1 Å². The van der Waals surface area contributed by atoms with Crippen molar-refractivity contribution in [2.75, 3.05) is 4.90 Å². The number of para-hydroxylation sites is 2. The van der Waals surface area contributed by atoms with E-state index in [2.05, 4.69) is 193 Å². The molecule has 0 aliphatic carbocycles. The maximum Gasteiger partial charge on any atom is 0.0462 e. The molecule has 0 saturated carbocycles. The summed E-state index contributed by atoms with van der Waals surface area (Å²) in [6, 6.07) is 67.5. The van der Waals surface area contributed by atoms with Gasteiger partial charge < -0.3 is 4.90 Å². The van der Waals surface area contributed by atoms with Crippen LogP contribution in [0.2, 0.25) is 0 Å². The molecule has 0 aliphatic heterocycles. The summed E-state index contributed by atoms with van der Waals surface area (Å²) in [4.78, 5) is 2.30. The van der Waals surface area contributed by atoms with Gasteiger partial charge >= 0.3 is 0 Å². The molecule has 0 aromatic heterocycles. The molecule has 8 aromatic carbocycles. The van der Waals surface area contributed by atoms with Gasteiger partial charge in [0.15, 0.2) is 0 Å². The molecule has 0 aliphatic rings. The lowest BCUT2D eigenvalue weighted by atomic mass is 9.85. The van der Waals surface area contributed by atoms with Crippen LogP contribution in [-0.2, 0) is 0 Å². The summed E-state index contributed by atoms with van der Waals surface area (Å²) in [5.41, 5.74) is 10.8. The van der Waals surface area contributed by atoms with Gasteiger partial charge in [-0.1, -0.05) is 146 Å². The molecule has 0 bridgehead atoms. The highest BCUT2D eigenvalue weighted by molar-refractivity contribution is 6.21. The molecule has 0 atom stereocenters. The Morgan fingerprint density at radius 3 is 1.13 bits per heavy atom. The highest BCUT2D eigenvalue weighted by Crippen LogP contribution is 2.45. The smallest absolute Gasteiger partial charge is 0.0462 e. The molecule has 0 saturated heterocycles. The van der Waals surface area contributed by atoms with E-state index in [1.165, 1.54) is 54.9 Å². The van der Waals surface area contributed by atoms with E-state index >= 15 is 0 Å². The van der Waals surface area contributed by atoms with Crippen LogP contribution in [0.4, 0.5) is 17.1 Å². The Balaban J connectivity index is 1.31. The van der Waals surface area contributed by atoms with Gasteiger partial charge in [-0.05, 0) is 97.4 Å². The Morgan fingerprint density at radius 1 is 0.244 bits per heavy atom. The van der Waals surface area contributed by atoms with E-state index in [1.807, 2.05) is 0 Å². The van der Waals surface area contributed by atoms with Gasteiger partial charge in [-0.15, -0.1) is 0 Å². The highest BCUT2D eigenvalue weighted by Gasteiger charge is 2.18. The Kier molecular flexibility index (Phi) is 6.90. The van der Waals surface area contributed by atoms with E-state index in [0.29, 0.717) is 0 Å². The molecule has 45 heavy (non-hydrogen) atoms. The molecule has 0 heterocycles. The van der Waals surface area contributed by atoms with Gasteiger partial charge in [0.2, 0.25) is 0 Å². The minimum atomic E-state index is 1.12. The van der Waals surface area contributed by atoms with Crippen LogP contribution < -0.4 is 4.90 Å². The fraction of sp³-hybridized carbons (Fsp3) is 0. The average Bonchev–Trinajstić information content (AvgIpc) is 3.12. The molecule has 1 heteroatoms. The van der Waals surface area contributed by atoms with Crippen LogP contribution in [0.5, 0.6) is 0 Å². The largest absolute Gasteiger partial charge is 0.311 e. The Hall–Kier alpha value is -5.92. The van der Waals surface area contributed by atoms with E-state index in [-0.39, 0.29) is 0 Å². The number of benzene rings is 8. The fourth-order valence-electron chi connectivity index (χ4n) is 6.59. The van der Waals surface area contributed by atoms with E-state index in [9.17, 15) is 0 Å². The van der Waals surface area contributed by atoms with E-state index in [0.717, 1.165) is 17.1 Å².